The topological polar surface area (TPSA) is 84.1 Å². The van der Waals surface area contributed by atoms with Crippen molar-refractivity contribution in [2.24, 2.45) is 0 Å². The molecule has 0 spiro atoms. The van der Waals surface area contributed by atoms with Gasteiger partial charge in [0.15, 0.2) is 5.82 Å². The number of benzene rings is 2. The van der Waals surface area contributed by atoms with Gasteiger partial charge in [0.2, 0.25) is 10.0 Å². The molecule has 6 nitrogen and oxygen atoms in total. The van der Waals surface area contributed by atoms with Crippen molar-refractivity contribution in [2.45, 2.75) is 36.1 Å². The number of aromatic nitrogens is 1. The van der Waals surface area contributed by atoms with E-state index in [1.54, 1.807) is 11.6 Å². The van der Waals surface area contributed by atoms with Gasteiger partial charge >= 0.3 is 0 Å². The third kappa shape index (κ3) is 7.07. The summed E-state index contributed by atoms with van der Waals surface area (Å²) in [7, 11) is 0. The second kappa shape index (κ2) is 12.7. The van der Waals surface area contributed by atoms with Crippen molar-refractivity contribution in [3.05, 3.63) is 70.4 Å². The van der Waals surface area contributed by atoms with Crippen LogP contribution in [0.15, 0.2) is 58.9 Å². The summed E-state index contributed by atoms with van der Waals surface area (Å²) in [5, 5.41) is 12.9. The Morgan fingerprint density at radius 3 is 2.82 bits per heavy atom. The SMILES string of the molecule is [O-][S+](Nc1nccs1)c1cc(Cl)c(NCCCCNC[C@@H]2C[C@@H](c3ccccc3)CN2)cc1F. The average molecular weight is 522 g/mol. The number of nitrogens with one attached hydrogen (secondary N) is 4. The highest BCUT2D eigenvalue weighted by Gasteiger charge is 2.24. The van der Waals surface area contributed by atoms with Gasteiger partial charge in [-0.2, -0.15) is 4.72 Å². The van der Waals surface area contributed by atoms with E-state index in [9.17, 15) is 8.94 Å². The van der Waals surface area contributed by atoms with Crippen molar-refractivity contribution >= 4 is 45.1 Å². The molecule has 1 fully saturated rings. The van der Waals surface area contributed by atoms with Crippen LogP contribution in [0.2, 0.25) is 5.02 Å². The number of thiazole rings is 1. The Hall–Kier alpha value is -1.88. The van der Waals surface area contributed by atoms with Crippen LogP contribution in [0.4, 0.5) is 15.2 Å². The van der Waals surface area contributed by atoms with Crippen LogP contribution in [-0.4, -0.2) is 41.8 Å². The standard InChI is InChI=1S/C24H29ClFN5OS2/c25-20-13-23(34(32)31-24-29-10-11-33-24)21(26)14-22(20)28-9-5-4-8-27-16-19-12-18(15-30-19)17-6-2-1-3-7-17/h1-3,6-7,10-11,13-14,18-19,27-28,30H,4-5,8-9,12,15-16H2,(H,29,31)/t18-,19+,34?/m1/s1. The Labute approximate surface area is 212 Å². The Kier molecular flexibility index (Phi) is 9.43. The van der Waals surface area contributed by atoms with Crippen LogP contribution in [0.1, 0.15) is 30.7 Å². The lowest BCUT2D eigenvalue weighted by Crippen LogP contribution is -2.34. The quantitative estimate of drug-likeness (QED) is 0.198. The monoisotopic (exact) mass is 521 g/mol. The van der Waals surface area contributed by atoms with Crippen molar-refractivity contribution in [1.82, 2.24) is 15.6 Å². The van der Waals surface area contributed by atoms with Crippen molar-refractivity contribution in [2.75, 3.05) is 36.2 Å². The molecule has 10 heteroatoms. The van der Waals surface area contributed by atoms with Crippen LogP contribution < -0.4 is 20.7 Å². The third-order valence-corrected chi connectivity index (χ3v) is 8.03. The summed E-state index contributed by atoms with van der Waals surface area (Å²) in [5.74, 6) is 0.0168. The normalized spacial score (nSPS) is 18.7. The Bertz CT molecular complexity index is 1030. The van der Waals surface area contributed by atoms with E-state index < -0.39 is 17.2 Å². The number of anilines is 2. The molecule has 1 aliphatic heterocycles. The molecule has 3 aromatic rings. The molecule has 1 unspecified atom stereocenters. The molecule has 34 heavy (non-hydrogen) atoms. The first-order valence-corrected chi connectivity index (χ1v) is 13.8. The lowest BCUT2D eigenvalue weighted by atomic mass is 9.96. The molecule has 0 saturated carbocycles. The van der Waals surface area contributed by atoms with Crippen molar-refractivity contribution < 1.29 is 8.94 Å². The van der Waals surface area contributed by atoms with Crippen molar-refractivity contribution in [1.29, 1.82) is 0 Å². The second-order valence-electron chi connectivity index (χ2n) is 8.26. The smallest absolute Gasteiger partial charge is 0.226 e. The maximum absolute atomic E-state index is 14.5. The van der Waals surface area contributed by atoms with Gasteiger partial charge in [-0.3, -0.25) is 0 Å². The van der Waals surface area contributed by atoms with E-state index in [-0.39, 0.29) is 4.90 Å². The number of rotatable bonds is 12. The summed E-state index contributed by atoms with van der Waals surface area (Å²) in [6.07, 6.45) is 4.67. The summed E-state index contributed by atoms with van der Waals surface area (Å²) in [6, 6.07) is 13.9. The molecule has 4 rings (SSSR count). The fraction of sp³-hybridized carbons (Fsp3) is 0.375. The van der Waals surface area contributed by atoms with E-state index in [0.29, 0.717) is 34.3 Å². The van der Waals surface area contributed by atoms with Crippen LogP contribution in [-0.2, 0) is 11.4 Å². The molecular weight excluding hydrogens is 493 g/mol. The van der Waals surface area contributed by atoms with E-state index in [1.807, 2.05) is 0 Å². The van der Waals surface area contributed by atoms with Gasteiger partial charge in [-0.15, -0.1) is 11.3 Å². The van der Waals surface area contributed by atoms with Crippen LogP contribution in [0.25, 0.3) is 0 Å². The van der Waals surface area contributed by atoms with E-state index in [1.165, 1.54) is 29.0 Å². The Morgan fingerprint density at radius 2 is 2.03 bits per heavy atom. The van der Waals surface area contributed by atoms with Crippen LogP contribution in [0.5, 0.6) is 0 Å². The first-order chi connectivity index (χ1) is 16.6. The molecule has 0 amide bonds. The Balaban J connectivity index is 1.12. The highest BCUT2D eigenvalue weighted by molar-refractivity contribution is 7.93. The lowest BCUT2D eigenvalue weighted by molar-refractivity contribution is 0.523. The second-order valence-corrected chi connectivity index (χ2v) is 10.7. The number of halogens is 2. The first-order valence-electron chi connectivity index (χ1n) is 11.4. The zero-order valence-electron chi connectivity index (χ0n) is 18.7. The van der Waals surface area contributed by atoms with E-state index in [2.05, 4.69) is 56.0 Å². The van der Waals surface area contributed by atoms with Crippen LogP contribution in [0, 0.1) is 5.82 Å². The largest absolute Gasteiger partial charge is 0.588 e. The van der Waals surface area contributed by atoms with E-state index in [0.717, 1.165) is 38.9 Å². The summed E-state index contributed by atoms with van der Waals surface area (Å²) in [5.41, 5.74) is 1.91. The minimum atomic E-state index is -1.77. The van der Waals surface area contributed by atoms with Gasteiger partial charge in [0, 0.05) is 49.4 Å². The minimum absolute atomic E-state index is 0.00461. The molecule has 3 atom stereocenters. The first kappa shape index (κ1) is 25.2. The van der Waals surface area contributed by atoms with Gasteiger partial charge < -0.3 is 20.5 Å². The number of hydrogen-bond acceptors (Lipinski definition) is 7. The third-order valence-electron chi connectivity index (χ3n) is 5.81. The maximum Gasteiger partial charge on any atom is 0.226 e. The fourth-order valence-electron chi connectivity index (χ4n) is 4.04. The molecule has 1 aromatic heterocycles. The highest BCUT2D eigenvalue weighted by Crippen LogP contribution is 2.29. The average Bonchev–Trinajstić information content (AvgIpc) is 3.53. The predicted octanol–water partition coefficient (Wildman–Crippen LogP) is 5.00. The molecule has 2 aromatic carbocycles. The molecule has 1 aliphatic rings. The number of nitrogens with zero attached hydrogens (tertiary/aromatic N) is 1. The minimum Gasteiger partial charge on any atom is -0.588 e. The van der Waals surface area contributed by atoms with Gasteiger partial charge in [-0.25, -0.2) is 9.37 Å². The van der Waals surface area contributed by atoms with Crippen molar-refractivity contribution in [3.63, 3.8) is 0 Å². The molecule has 0 aliphatic carbocycles. The van der Waals surface area contributed by atoms with Gasteiger partial charge in [0.1, 0.15) is 11.4 Å². The summed E-state index contributed by atoms with van der Waals surface area (Å²) >= 11 is 5.82. The zero-order chi connectivity index (χ0) is 23.8. The van der Waals surface area contributed by atoms with Crippen LogP contribution in [0.3, 0.4) is 0 Å². The molecule has 2 heterocycles. The van der Waals surface area contributed by atoms with Gasteiger partial charge in [-0.05, 0) is 37.3 Å². The van der Waals surface area contributed by atoms with Crippen molar-refractivity contribution in [3.8, 4) is 0 Å². The predicted molar refractivity (Wildman–Crippen MR) is 140 cm³/mol. The molecular formula is C24H29ClFN5OS2. The maximum atomic E-state index is 14.5. The number of unbranched alkanes of at least 4 members (excludes halogenated alkanes) is 1. The van der Waals surface area contributed by atoms with Gasteiger partial charge in [0.25, 0.3) is 0 Å². The molecule has 0 bridgehead atoms. The lowest BCUT2D eigenvalue weighted by Gasteiger charge is -2.14. The van der Waals surface area contributed by atoms with Gasteiger partial charge in [0.05, 0.1) is 10.7 Å². The van der Waals surface area contributed by atoms with Crippen LogP contribution >= 0.6 is 22.9 Å². The molecule has 182 valence electrons. The van der Waals surface area contributed by atoms with E-state index >= 15 is 0 Å². The van der Waals surface area contributed by atoms with Gasteiger partial charge in [-0.1, -0.05) is 41.9 Å². The highest BCUT2D eigenvalue weighted by atomic mass is 35.5. The molecule has 1 saturated heterocycles. The summed E-state index contributed by atoms with van der Waals surface area (Å²) in [6.45, 7) is 3.60. The summed E-state index contributed by atoms with van der Waals surface area (Å²) < 4.78 is 29.6. The number of hydrogen-bond donors (Lipinski definition) is 4. The molecule has 4 N–H and O–H groups in total. The zero-order valence-corrected chi connectivity index (χ0v) is 21.1. The molecule has 0 radical (unpaired) electrons. The summed E-state index contributed by atoms with van der Waals surface area (Å²) in [4.78, 5) is 4.00. The van der Waals surface area contributed by atoms with E-state index in [4.69, 9.17) is 11.6 Å². The fourth-order valence-corrected chi connectivity index (χ4v) is 5.91. The Morgan fingerprint density at radius 1 is 1.21 bits per heavy atom.